The molecule has 2 aromatic carbocycles. The first-order valence-electron chi connectivity index (χ1n) is 7.95. The molecule has 0 aliphatic heterocycles. The zero-order chi connectivity index (χ0) is 18.1. The van der Waals surface area contributed by atoms with Crippen molar-refractivity contribution in [3.8, 4) is 0 Å². The SMILES string of the molecule is CCn1c(=O)n(CC)c2cc(NC(=O)c3ccc(Cl)cc3Cl)ccc21. The zero-order valence-electron chi connectivity index (χ0n) is 13.8. The molecule has 0 unspecified atom stereocenters. The van der Waals surface area contributed by atoms with E-state index < -0.39 is 0 Å². The molecule has 0 saturated carbocycles. The van der Waals surface area contributed by atoms with Crippen molar-refractivity contribution < 1.29 is 4.79 Å². The Morgan fingerprint density at radius 3 is 2.32 bits per heavy atom. The molecule has 0 bridgehead atoms. The number of carbonyl (C=O) groups excluding carboxylic acids is 1. The number of anilines is 1. The highest BCUT2D eigenvalue weighted by atomic mass is 35.5. The quantitative estimate of drug-likeness (QED) is 0.732. The Kier molecular flexibility index (Phi) is 4.88. The van der Waals surface area contributed by atoms with Gasteiger partial charge in [-0.05, 0) is 50.2 Å². The van der Waals surface area contributed by atoms with Gasteiger partial charge in [0.1, 0.15) is 0 Å². The molecule has 0 fully saturated rings. The number of nitrogens with zero attached hydrogens (tertiary/aromatic N) is 2. The molecule has 1 amide bonds. The van der Waals surface area contributed by atoms with Crippen LogP contribution in [0.15, 0.2) is 41.2 Å². The van der Waals surface area contributed by atoms with Crippen molar-refractivity contribution in [2.45, 2.75) is 26.9 Å². The second-order valence-electron chi connectivity index (χ2n) is 5.55. The van der Waals surface area contributed by atoms with Crippen molar-refractivity contribution in [2.75, 3.05) is 5.32 Å². The van der Waals surface area contributed by atoms with Gasteiger partial charge in [-0.15, -0.1) is 0 Å². The largest absolute Gasteiger partial charge is 0.329 e. The van der Waals surface area contributed by atoms with E-state index in [9.17, 15) is 9.59 Å². The predicted octanol–water partition coefficient (Wildman–Crippen LogP) is 4.40. The van der Waals surface area contributed by atoms with Gasteiger partial charge < -0.3 is 5.32 Å². The van der Waals surface area contributed by atoms with Crippen LogP contribution in [0.2, 0.25) is 10.0 Å². The third-order valence-electron chi connectivity index (χ3n) is 4.08. The van der Waals surface area contributed by atoms with Gasteiger partial charge in [0, 0.05) is 23.8 Å². The van der Waals surface area contributed by atoms with Crippen LogP contribution in [-0.4, -0.2) is 15.0 Å². The van der Waals surface area contributed by atoms with Crippen molar-refractivity contribution in [3.63, 3.8) is 0 Å². The van der Waals surface area contributed by atoms with E-state index in [4.69, 9.17) is 23.2 Å². The van der Waals surface area contributed by atoms with Gasteiger partial charge in [0.05, 0.1) is 21.6 Å². The number of nitrogens with one attached hydrogen (secondary N) is 1. The molecule has 1 aromatic heterocycles. The van der Waals surface area contributed by atoms with Crippen molar-refractivity contribution in [3.05, 3.63) is 62.5 Å². The normalized spacial score (nSPS) is 11.0. The van der Waals surface area contributed by atoms with Gasteiger partial charge in [-0.3, -0.25) is 13.9 Å². The number of carbonyl (C=O) groups is 1. The highest BCUT2D eigenvalue weighted by Gasteiger charge is 2.14. The lowest BCUT2D eigenvalue weighted by Crippen LogP contribution is -2.23. The van der Waals surface area contributed by atoms with Crippen LogP contribution in [0.3, 0.4) is 0 Å². The fourth-order valence-corrected chi connectivity index (χ4v) is 3.37. The summed E-state index contributed by atoms with van der Waals surface area (Å²) in [5, 5.41) is 3.57. The minimum atomic E-state index is -0.332. The van der Waals surface area contributed by atoms with Crippen molar-refractivity contribution in [1.29, 1.82) is 0 Å². The smallest absolute Gasteiger partial charge is 0.322 e. The molecule has 5 nitrogen and oxygen atoms in total. The van der Waals surface area contributed by atoms with Crippen LogP contribution < -0.4 is 11.0 Å². The number of amides is 1. The molecule has 0 saturated heterocycles. The molecule has 25 heavy (non-hydrogen) atoms. The molecule has 1 N–H and O–H groups in total. The van der Waals surface area contributed by atoms with E-state index >= 15 is 0 Å². The highest BCUT2D eigenvalue weighted by Crippen LogP contribution is 2.23. The average Bonchev–Trinajstić information content (AvgIpc) is 2.84. The van der Waals surface area contributed by atoms with Crippen molar-refractivity contribution >= 4 is 45.8 Å². The first-order chi connectivity index (χ1) is 12.0. The van der Waals surface area contributed by atoms with E-state index in [-0.39, 0.29) is 16.6 Å². The third kappa shape index (κ3) is 3.17. The summed E-state index contributed by atoms with van der Waals surface area (Å²) in [6.07, 6.45) is 0. The minimum Gasteiger partial charge on any atom is -0.322 e. The Morgan fingerprint density at radius 1 is 1.00 bits per heavy atom. The van der Waals surface area contributed by atoms with Crippen molar-refractivity contribution in [2.24, 2.45) is 0 Å². The summed E-state index contributed by atoms with van der Waals surface area (Å²) < 4.78 is 3.39. The fourth-order valence-electron chi connectivity index (χ4n) is 2.88. The van der Waals surface area contributed by atoms with Gasteiger partial charge in [0.25, 0.3) is 5.91 Å². The molecule has 0 radical (unpaired) electrons. The maximum absolute atomic E-state index is 12.5. The Balaban J connectivity index is 1.99. The summed E-state index contributed by atoms with van der Waals surface area (Å²) in [4.78, 5) is 24.8. The molecule has 0 atom stereocenters. The maximum Gasteiger partial charge on any atom is 0.329 e. The van der Waals surface area contributed by atoms with E-state index in [2.05, 4.69) is 5.32 Å². The van der Waals surface area contributed by atoms with E-state index in [1.807, 2.05) is 19.9 Å². The van der Waals surface area contributed by atoms with Gasteiger partial charge in [0.15, 0.2) is 0 Å². The summed E-state index contributed by atoms with van der Waals surface area (Å²) in [5.41, 5.74) is 2.51. The van der Waals surface area contributed by atoms with Crippen LogP contribution in [0.4, 0.5) is 5.69 Å². The minimum absolute atomic E-state index is 0.0516. The average molecular weight is 378 g/mol. The Morgan fingerprint density at radius 2 is 1.68 bits per heavy atom. The number of aryl methyl sites for hydroxylation is 2. The molecular weight excluding hydrogens is 361 g/mol. The van der Waals surface area contributed by atoms with Crippen LogP contribution >= 0.6 is 23.2 Å². The van der Waals surface area contributed by atoms with E-state index in [1.54, 1.807) is 33.4 Å². The van der Waals surface area contributed by atoms with Gasteiger partial charge >= 0.3 is 5.69 Å². The van der Waals surface area contributed by atoms with Gasteiger partial charge in [0.2, 0.25) is 0 Å². The van der Waals surface area contributed by atoms with Crippen LogP contribution in [0.1, 0.15) is 24.2 Å². The number of hydrogen-bond acceptors (Lipinski definition) is 2. The molecule has 3 aromatic rings. The van der Waals surface area contributed by atoms with E-state index in [0.29, 0.717) is 29.4 Å². The summed E-state index contributed by atoms with van der Waals surface area (Å²) in [6.45, 7) is 5.00. The number of aromatic nitrogens is 2. The van der Waals surface area contributed by atoms with Crippen LogP contribution in [-0.2, 0) is 13.1 Å². The first-order valence-corrected chi connectivity index (χ1v) is 8.71. The monoisotopic (exact) mass is 377 g/mol. The number of fused-ring (bicyclic) bond motifs is 1. The van der Waals surface area contributed by atoms with Crippen molar-refractivity contribution in [1.82, 2.24) is 9.13 Å². The molecule has 1 heterocycles. The Bertz CT molecular complexity index is 1020. The van der Waals surface area contributed by atoms with E-state index in [1.165, 1.54) is 6.07 Å². The standard InChI is InChI=1S/C18H17Cl2N3O2/c1-3-22-15-8-6-12(10-16(15)23(4-2)18(22)25)21-17(24)13-7-5-11(19)9-14(13)20/h5-10H,3-4H2,1-2H3,(H,21,24). The van der Waals surface area contributed by atoms with E-state index in [0.717, 1.165) is 11.0 Å². The number of benzene rings is 2. The summed E-state index contributed by atoms with van der Waals surface area (Å²) >= 11 is 11.9. The Labute approximate surface area is 154 Å². The number of halogens is 2. The number of rotatable bonds is 4. The summed E-state index contributed by atoms with van der Waals surface area (Å²) in [7, 11) is 0. The lowest BCUT2D eigenvalue weighted by Gasteiger charge is -2.08. The van der Waals surface area contributed by atoms with Crippen LogP contribution in [0, 0.1) is 0 Å². The first kappa shape index (κ1) is 17.6. The van der Waals surface area contributed by atoms with Gasteiger partial charge in [-0.2, -0.15) is 0 Å². The van der Waals surface area contributed by atoms with Crippen LogP contribution in [0.5, 0.6) is 0 Å². The lowest BCUT2D eigenvalue weighted by atomic mass is 10.2. The predicted molar refractivity (Wildman–Crippen MR) is 102 cm³/mol. The summed E-state index contributed by atoms with van der Waals surface area (Å²) in [5.74, 6) is -0.332. The molecular formula is C18H17Cl2N3O2. The Hall–Kier alpha value is -2.24. The van der Waals surface area contributed by atoms with Gasteiger partial charge in [-0.25, -0.2) is 4.79 Å². The summed E-state index contributed by atoms with van der Waals surface area (Å²) in [6, 6.07) is 10.1. The topological polar surface area (TPSA) is 56.0 Å². The number of imidazole rings is 1. The molecule has 0 aliphatic carbocycles. The molecule has 0 spiro atoms. The molecule has 130 valence electrons. The molecule has 7 heteroatoms. The van der Waals surface area contributed by atoms with Gasteiger partial charge in [-0.1, -0.05) is 23.2 Å². The zero-order valence-corrected chi connectivity index (χ0v) is 15.4. The number of hydrogen-bond donors (Lipinski definition) is 1. The molecule has 0 aliphatic rings. The third-order valence-corrected chi connectivity index (χ3v) is 4.63. The second-order valence-corrected chi connectivity index (χ2v) is 6.40. The lowest BCUT2D eigenvalue weighted by molar-refractivity contribution is 0.102. The maximum atomic E-state index is 12.5. The second kappa shape index (κ2) is 6.94. The van der Waals surface area contributed by atoms with Crippen LogP contribution in [0.25, 0.3) is 11.0 Å². The highest BCUT2D eigenvalue weighted by molar-refractivity contribution is 6.37. The molecule has 3 rings (SSSR count). The fraction of sp³-hybridized carbons (Fsp3) is 0.222.